The second-order valence-corrected chi connectivity index (χ2v) is 4.83. The molecule has 0 aliphatic carbocycles. The van der Waals surface area contributed by atoms with Crippen molar-refractivity contribution in [1.29, 1.82) is 0 Å². The average Bonchev–Trinajstić information content (AvgIpc) is 2.41. The van der Waals surface area contributed by atoms with Crippen LogP contribution in [0.2, 0.25) is 0 Å². The van der Waals surface area contributed by atoms with E-state index in [4.69, 9.17) is 10.5 Å². The molecule has 0 radical (unpaired) electrons. The fourth-order valence-corrected chi connectivity index (χ4v) is 2.14. The predicted molar refractivity (Wildman–Crippen MR) is 79.7 cm³/mol. The van der Waals surface area contributed by atoms with E-state index in [1.165, 1.54) is 17.7 Å². The summed E-state index contributed by atoms with van der Waals surface area (Å²) in [5.74, 6) is 0.930. The van der Waals surface area contributed by atoms with E-state index in [-0.39, 0.29) is 5.82 Å². The first-order valence-corrected chi connectivity index (χ1v) is 6.97. The average molecular weight is 273 g/mol. The van der Waals surface area contributed by atoms with Crippen LogP contribution in [0.5, 0.6) is 11.5 Å². The molecule has 0 spiro atoms. The Bertz CT molecular complexity index is 551. The zero-order chi connectivity index (χ0) is 14.4. The molecule has 0 unspecified atom stereocenters. The van der Waals surface area contributed by atoms with Crippen LogP contribution < -0.4 is 10.5 Å². The third-order valence-corrected chi connectivity index (χ3v) is 3.06. The summed E-state index contributed by atoms with van der Waals surface area (Å²) in [7, 11) is 0. The van der Waals surface area contributed by atoms with Gasteiger partial charge >= 0.3 is 0 Å². The van der Waals surface area contributed by atoms with Gasteiger partial charge in [0.05, 0.1) is 0 Å². The molecule has 0 atom stereocenters. The maximum atomic E-state index is 13.5. The molecule has 2 aromatic carbocycles. The van der Waals surface area contributed by atoms with Crippen LogP contribution in [-0.2, 0) is 12.8 Å². The highest BCUT2D eigenvalue weighted by molar-refractivity contribution is 5.36. The molecule has 0 heterocycles. The zero-order valence-corrected chi connectivity index (χ0v) is 11.7. The second-order valence-electron chi connectivity index (χ2n) is 4.83. The monoisotopic (exact) mass is 273 g/mol. The highest BCUT2D eigenvalue weighted by Crippen LogP contribution is 2.24. The van der Waals surface area contributed by atoms with Crippen LogP contribution in [0.15, 0.2) is 42.5 Å². The van der Waals surface area contributed by atoms with Gasteiger partial charge < -0.3 is 10.5 Å². The van der Waals surface area contributed by atoms with Crippen LogP contribution in [-0.4, -0.2) is 6.54 Å². The summed E-state index contributed by atoms with van der Waals surface area (Å²) < 4.78 is 19.2. The van der Waals surface area contributed by atoms with Gasteiger partial charge in [-0.1, -0.05) is 25.5 Å². The topological polar surface area (TPSA) is 35.2 Å². The van der Waals surface area contributed by atoms with Crippen LogP contribution in [0.25, 0.3) is 0 Å². The van der Waals surface area contributed by atoms with Crippen LogP contribution >= 0.6 is 0 Å². The lowest BCUT2D eigenvalue weighted by atomic mass is 10.1. The fourth-order valence-electron chi connectivity index (χ4n) is 2.14. The quantitative estimate of drug-likeness (QED) is 0.861. The Labute approximate surface area is 119 Å². The predicted octanol–water partition coefficient (Wildman–Crippen LogP) is 4.07. The maximum Gasteiger partial charge on any atom is 0.130 e. The summed E-state index contributed by atoms with van der Waals surface area (Å²) in [5.41, 5.74) is 7.63. The first kappa shape index (κ1) is 14.5. The standard InChI is InChI=1S/C17H20FNO/c1-2-3-13-4-6-16(7-5-13)20-17-11-14(8-9-19)10-15(18)12-17/h4-7,10-12H,2-3,8-9,19H2,1H3. The van der Waals surface area contributed by atoms with Crippen LogP contribution in [0.4, 0.5) is 4.39 Å². The van der Waals surface area contributed by atoms with Gasteiger partial charge in [-0.15, -0.1) is 0 Å². The molecule has 0 fully saturated rings. The molecule has 0 saturated carbocycles. The molecule has 0 amide bonds. The van der Waals surface area contributed by atoms with Crippen molar-refractivity contribution in [2.45, 2.75) is 26.2 Å². The molecule has 0 saturated heterocycles. The minimum atomic E-state index is -0.298. The van der Waals surface area contributed by atoms with Gasteiger partial charge in [0.2, 0.25) is 0 Å². The lowest BCUT2D eigenvalue weighted by molar-refractivity contribution is 0.475. The number of benzene rings is 2. The van der Waals surface area contributed by atoms with Crippen LogP contribution in [0.1, 0.15) is 24.5 Å². The van der Waals surface area contributed by atoms with Gasteiger partial charge in [-0.3, -0.25) is 0 Å². The molecule has 20 heavy (non-hydrogen) atoms. The molecular formula is C17H20FNO. The van der Waals surface area contributed by atoms with Gasteiger partial charge in [0.25, 0.3) is 0 Å². The lowest BCUT2D eigenvalue weighted by Gasteiger charge is -2.09. The van der Waals surface area contributed by atoms with Crippen molar-refractivity contribution >= 4 is 0 Å². The Morgan fingerprint density at radius 2 is 1.70 bits per heavy atom. The van der Waals surface area contributed by atoms with Crippen molar-refractivity contribution in [3.8, 4) is 11.5 Å². The fraction of sp³-hybridized carbons (Fsp3) is 0.294. The summed E-state index contributed by atoms with van der Waals surface area (Å²) in [6, 6.07) is 12.6. The summed E-state index contributed by atoms with van der Waals surface area (Å²) in [6.07, 6.45) is 2.82. The third kappa shape index (κ3) is 4.07. The van der Waals surface area contributed by atoms with Crippen LogP contribution in [0, 0.1) is 5.82 Å². The van der Waals surface area contributed by atoms with Crippen molar-refractivity contribution in [2.24, 2.45) is 5.73 Å². The molecule has 0 aliphatic rings. The Morgan fingerprint density at radius 1 is 0.950 bits per heavy atom. The molecule has 106 valence electrons. The van der Waals surface area contributed by atoms with Crippen molar-refractivity contribution in [3.63, 3.8) is 0 Å². The molecule has 2 rings (SSSR count). The zero-order valence-electron chi connectivity index (χ0n) is 11.7. The van der Waals surface area contributed by atoms with Crippen molar-refractivity contribution < 1.29 is 9.13 Å². The summed E-state index contributed by atoms with van der Waals surface area (Å²) in [5, 5.41) is 0. The van der Waals surface area contributed by atoms with E-state index in [2.05, 4.69) is 6.92 Å². The van der Waals surface area contributed by atoms with E-state index in [1.807, 2.05) is 30.3 Å². The number of halogens is 1. The minimum absolute atomic E-state index is 0.298. The molecule has 2 nitrogen and oxygen atoms in total. The van der Waals surface area contributed by atoms with E-state index in [1.54, 1.807) is 0 Å². The van der Waals surface area contributed by atoms with E-state index in [0.717, 1.165) is 18.4 Å². The van der Waals surface area contributed by atoms with Crippen molar-refractivity contribution in [3.05, 3.63) is 59.4 Å². The van der Waals surface area contributed by atoms with Gasteiger partial charge in [0.1, 0.15) is 17.3 Å². The number of hydrogen-bond donors (Lipinski definition) is 1. The molecule has 2 aromatic rings. The Hall–Kier alpha value is -1.87. The lowest BCUT2D eigenvalue weighted by Crippen LogP contribution is -2.03. The van der Waals surface area contributed by atoms with Crippen molar-refractivity contribution in [2.75, 3.05) is 6.54 Å². The van der Waals surface area contributed by atoms with Gasteiger partial charge in [0, 0.05) is 6.07 Å². The van der Waals surface area contributed by atoms with E-state index < -0.39 is 0 Å². The molecular weight excluding hydrogens is 253 g/mol. The van der Waals surface area contributed by atoms with Crippen molar-refractivity contribution in [1.82, 2.24) is 0 Å². The smallest absolute Gasteiger partial charge is 0.130 e. The maximum absolute atomic E-state index is 13.5. The summed E-state index contributed by atoms with van der Waals surface area (Å²) >= 11 is 0. The molecule has 0 aliphatic heterocycles. The normalized spacial score (nSPS) is 10.6. The third-order valence-electron chi connectivity index (χ3n) is 3.06. The largest absolute Gasteiger partial charge is 0.457 e. The van der Waals surface area contributed by atoms with Gasteiger partial charge in [-0.2, -0.15) is 0 Å². The highest BCUT2D eigenvalue weighted by Gasteiger charge is 2.03. The number of hydrogen-bond acceptors (Lipinski definition) is 2. The highest BCUT2D eigenvalue weighted by atomic mass is 19.1. The molecule has 0 aromatic heterocycles. The summed E-state index contributed by atoms with van der Waals surface area (Å²) in [4.78, 5) is 0. The minimum Gasteiger partial charge on any atom is -0.457 e. The first-order valence-electron chi connectivity index (χ1n) is 6.97. The Kier molecular flexibility index (Phi) is 5.13. The Morgan fingerprint density at radius 3 is 2.35 bits per heavy atom. The molecule has 3 heteroatoms. The number of nitrogens with two attached hydrogens (primary N) is 1. The van der Waals surface area contributed by atoms with E-state index in [9.17, 15) is 4.39 Å². The van der Waals surface area contributed by atoms with Gasteiger partial charge in [-0.05, 0) is 54.8 Å². The molecule has 2 N–H and O–H groups in total. The second kappa shape index (κ2) is 7.06. The SMILES string of the molecule is CCCc1ccc(Oc2cc(F)cc(CCN)c2)cc1. The summed E-state index contributed by atoms with van der Waals surface area (Å²) in [6.45, 7) is 2.64. The van der Waals surface area contributed by atoms with Gasteiger partial charge in [-0.25, -0.2) is 4.39 Å². The molecule has 0 bridgehead atoms. The van der Waals surface area contributed by atoms with Gasteiger partial charge in [0.15, 0.2) is 0 Å². The van der Waals surface area contributed by atoms with E-state index >= 15 is 0 Å². The van der Waals surface area contributed by atoms with E-state index in [0.29, 0.717) is 24.5 Å². The number of aryl methyl sites for hydroxylation is 1. The number of rotatable bonds is 6. The number of ether oxygens (including phenoxy) is 1. The van der Waals surface area contributed by atoms with Crippen LogP contribution in [0.3, 0.4) is 0 Å². The Balaban J connectivity index is 2.12. The first-order chi connectivity index (χ1) is 9.71.